The molecule has 0 radical (unpaired) electrons. The maximum atomic E-state index is 13.9. The molecule has 0 amide bonds. The Morgan fingerprint density at radius 3 is 2.56 bits per heavy atom. The van der Waals surface area contributed by atoms with Gasteiger partial charge in [0.05, 0.1) is 0 Å². The van der Waals surface area contributed by atoms with E-state index in [-0.39, 0.29) is 16.9 Å². The summed E-state index contributed by atoms with van der Waals surface area (Å²) < 4.78 is 27.6. The molecule has 1 aromatic carbocycles. The summed E-state index contributed by atoms with van der Waals surface area (Å²) in [5.41, 5.74) is 0.686. The Bertz CT molecular complexity index is 390. The summed E-state index contributed by atoms with van der Waals surface area (Å²) in [6.07, 6.45) is 3.69. The van der Waals surface area contributed by atoms with Gasteiger partial charge in [-0.25, -0.2) is 8.78 Å². The standard InChI is InChI=1S/C13H15ClF2/c1-8-6-7-11(15)12(13(8)16)9-4-2-3-5-10(9)14/h6-7,9-10H,2-5H2,1H3. The van der Waals surface area contributed by atoms with Gasteiger partial charge in [-0.1, -0.05) is 18.9 Å². The molecular weight excluding hydrogens is 230 g/mol. The van der Waals surface area contributed by atoms with Crippen molar-refractivity contribution in [3.8, 4) is 0 Å². The van der Waals surface area contributed by atoms with Gasteiger partial charge in [0.25, 0.3) is 0 Å². The number of alkyl halides is 1. The molecule has 1 aliphatic carbocycles. The molecule has 0 aliphatic heterocycles. The number of hydrogen-bond acceptors (Lipinski definition) is 0. The summed E-state index contributed by atoms with van der Waals surface area (Å²) >= 11 is 6.18. The van der Waals surface area contributed by atoms with E-state index in [9.17, 15) is 8.78 Å². The van der Waals surface area contributed by atoms with Crippen molar-refractivity contribution in [1.29, 1.82) is 0 Å². The largest absolute Gasteiger partial charge is 0.207 e. The molecule has 1 saturated carbocycles. The fourth-order valence-electron chi connectivity index (χ4n) is 2.43. The number of aryl methyl sites for hydroxylation is 1. The maximum Gasteiger partial charge on any atom is 0.132 e. The Kier molecular flexibility index (Phi) is 3.48. The lowest BCUT2D eigenvalue weighted by atomic mass is 9.82. The van der Waals surface area contributed by atoms with Crippen molar-refractivity contribution < 1.29 is 8.78 Å². The van der Waals surface area contributed by atoms with Crippen LogP contribution in [0.25, 0.3) is 0 Å². The van der Waals surface area contributed by atoms with Gasteiger partial charge in [-0.2, -0.15) is 0 Å². The van der Waals surface area contributed by atoms with Gasteiger partial charge >= 0.3 is 0 Å². The molecule has 0 aromatic heterocycles. The number of rotatable bonds is 1. The van der Waals surface area contributed by atoms with E-state index >= 15 is 0 Å². The number of hydrogen-bond donors (Lipinski definition) is 0. The molecule has 1 fully saturated rings. The molecule has 2 rings (SSSR count). The highest BCUT2D eigenvalue weighted by atomic mass is 35.5. The average molecular weight is 245 g/mol. The molecule has 0 N–H and O–H groups in total. The minimum Gasteiger partial charge on any atom is -0.207 e. The van der Waals surface area contributed by atoms with E-state index in [2.05, 4.69) is 0 Å². The lowest BCUT2D eigenvalue weighted by Gasteiger charge is -2.28. The van der Waals surface area contributed by atoms with E-state index < -0.39 is 11.6 Å². The fourth-order valence-corrected chi connectivity index (χ4v) is 2.84. The van der Waals surface area contributed by atoms with Gasteiger partial charge in [0, 0.05) is 16.9 Å². The van der Waals surface area contributed by atoms with Crippen molar-refractivity contribution in [2.75, 3.05) is 0 Å². The van der Waals surface area contributed by atoms with Gasteiger partial charge in [0.2, 0.25) is 0 Å². The smallest absolute Gasteiger partial charge is 0.132 e. The van der Waals surface area contributed by atoms with Crippen LogP contribution in [0.1, 0.15) is 42.7 Å². The molecule has 2 atom stereocenters. The third-order valence-corrected chi connectivity index (χ3v) is 3.89. The molecule has 0 saturated heterocycles. The SMILES string of the molecule is Cc1ccc(F)c(C2CCCCC2Cl)c1F. The van der Waals surface area contributed by atoms with Crippen molar-refractivity contribution >= 4 is 11.6 Å². The van der Waals surface area contributed by atoms with E-state index in [0.717, 1.165) is 25.7 Å². The molecule has 2 unspecified atom stereocenters. The van der Waals surface area contributed by atoms with Crippen LogP contribution in [0.3, 0.4) is 0 Å². The van der Waals surface area contributed by atoms with Crippen molar-refractivity contribution in [3.05, 3.63) is 34.9 Å². The minimum atomic E-state index is -0.458. The van der Waals surface area contributed by atoms with Crippen molar-refractivity contribution in [3.63, 3.8) is 0 Å². The zero-order valence-electron chi connectivity index (χ0n) is 9.27. The third-order valence-electron chi connectivity index (χ3n) is 3.37. The van der Waals surface area contributed by atoms with E-state index in [0.29, 0.717) is 5.56 Å². The summed E-state index contributed by atoms with van der Waals surface area (Å²) in [5.74, 6) is -1.05. The zero-order valence-corrected chi connectivity index (χ0v) is 10.0. The number of benzene rings is 1. The van der Waals surface area contributed by atoms with Gasteiger partial charge in [0.1, 0.15) is 11.6 Å². The van der Waals surface area contributed by atoms with Gasteiger partial charge in [0.15, 0.2) is 0 Å². The molecule has 1 aromatic rings. The lowest BCUT2D eigenvalue weighted by Crippen LogP contribution is -2.20. The van der Waals surface area contributed by atoms with Gasteiger partial charge in [-0.3, -0.25) is 0 Å². The molecule has 0 nitrogen and oxygen atoms in total. The van der Waals surface area contributed by atoms with Crippen LogP contribution >= 0.6 is 11.6 Å². The third kappa shape index (κ3) is 2.08. The first-order chi connectivity index (χ1) is 7.61. The van der Waals surface area contributed by atoms with E-state index in [1.807, 2.05) is 0 Å². The van der Waals surface area contributed by atoms with E-state index in [1.54, 1.807) is 6.92 Å². The Hall–Kier alpha value is -0.630. The highest BCUT2D eigenvalue weighted by Crippen LogP contribution is 2.39. The van der Waals surface area contributed by atoms with Crippen LogP contribution in [-0.4, -0.2) is 5.38 Å². The van der Waals surface area contributed by atoms with Crippen LogP contribution in [0, 0.1) is 18.6 Å². The van der Waals surface area contributed by atoms with Crippen LogP contribution in [0.15, 0.2) is 12.1 Å². The first-order valence-electron chi connectivity index (χ1n) is 5.70. The second kappa shape index (κ2) is 4.70. The second-order valence-corrected chi connectivity index (χ2v) is 5.06. The van der Waals surface area contributed by atoms with Crippen LogP contribution in [0.5, 0.6) is 0 Å². The molecule has 1 aliphatic rings. The fraction of sp³-hybridized carbons (Fsp3) is 0.538. The minimum absolute atomic E-state index is 0.139. The lowest BCUT2D eigenvalue weighted by molar-refractivity contribution is 0.417. The predicted octanol–water partition coefficient (Wildman–Crippen LogP) is 4.54. The second-order valence-electron chi connectivity index (χ2n) is 4.50. The first-order valence-corrected chi connectivity index (χ1v) is 6.13. The summed E-state index contributed by atoms with van der Waals surface area (Å²) in [7, 11) is 0. The normalized spacial score (nSPS) is 25.8. The Morgan fingerprint density at radius 2 is 1.88 bits per heavy atom. The van der Waals surface area contributed by atoms with Gasteiger partial charge < -0.3 is 0 Å². The monoisotopic (exact) mass is 244 g/mol. The Morgan fingerprint density at radius 1 is 1.19 bits per heavy atom. The van der Waals surface area contributed by atoms with E-state index in [4.69, 9.17) is 11.6 Å². The summed E-state index contributed by atoms with van der Waals surface area (Å²) in [6.45, 7) is 1.66. The van der Waals surface area contributed by atoms with E-state index in [1.165, 1.54) is 12.1 Å². The molecule has 0 heterocycles. The predicted molar refractivity (Wildman–Crippen MR) is 61.9 cm³/mol. The van der Waals surface area contributed by atoms with Crippen LogP contribution in [0.4, 0.5) is 8.78 Å². The molecule has 0 bridgehead atoms. The van der Waals surface area contributed by atoms with Crippen LogP contribution < -0.4 is 0 Å². The van der Waals surface area contributed by atoms with Crippen LogP contribution in [0.2, 0.25) is 0 Å². The van der Waals surface area contributed by atoms with Crippen molar-refractivity contribution in [2.45, 2.75) is 43.9 Å². The molecule has 16 heavy (non-hydrogen) atoms. The van der Waals surface area contributed by atoms with Gasteiger partial charge in [-0.15, -0.1) is 11.6 Å². The molecule has 0 spiro atoms. The average Bonchev–Trinajstić information content (AvgIpc) is 2.27. The molecular formula is C13H15ClF2. The van der Waals surface area contributed by atoms with Crippen LogP contribution in [-0.2, 0) is 0 Å². The summed E-state index contributed by atoms with van der Waals surface area (Å²) in [5, 5.41) is -0.139. The highest BCUT2D eigenvalue weighted by Gasteiger charge is 2.29. The Balaban J connectivity index is 2.42. The van der Waals surface area contributed by atoms with Crippen molar-refractivity contribution in [2.24, 2.45) is 0 Å². The molecule has 88 valence electrons. The summed E-state index contributed by atoms with van der Waals surface area (Å²) in [4.78, 5) is 0. The van der Waals surface area contributed by atoms with Crippen molar-refractivity contribution in [1.82, 2.24) is 0 Å². The quantitative estimate of drug-likeness (QED) is 0.637. The first kappa shape index (κ1) is 11.8. The summed E-state index contributed by atoms with van der Waals surface area (Å²) in [6, 6.07) is 2.81. The highest BCUT2D eigenvalue weighted by molar-refractivity contribution is 6.21. The molecule has 3 heteroatoms. The zero-order chi connectivity index (χ0) is 11.7. The Labute approximate surface area is 99.6 Å². The number of halogens is 3. The van der Waals surface area contributed by atoms with Gasteiger partial charge in [-0.05, 0) is 31.4 Å². The maximum absolute atomic E-state index is 13.9. The topological polar surface area (TPSA) is 0 Å².